The highest BCUT2D eigenvalue weighted by atomic mass is 35.5. The van der Waals surface area contributed by atoms with Gasteiger partial charge in [-0.2, -0.15) is 0 Å². The standard InChI is InChI=1S/C26H28N2O4.ClH/c1-18-24(28-26(32-18)19-7-4-3-5-8-19)12-14-31-22-10-6-9-20(15-22)23-17-27-13-11-21(23)16-25(29)30-2;/h3-10,15,27H,11-14,16-17H2,1-2H3;1H. The number of hydrogen-bond acceptors (Lipinski definition) is 6. The van der Waals surface area contributed by atoms with Crippen molar-refractivity contribution in [3.63, 3.8) is 0 Å². The van der Waals surface area contributed by atoms with Gasteiger partial charge in [-0.25, -0.2) is 4.98 Å². The predicted octanol–water partition coefficient (Wildman–Crippen LogP) is 5.00. The van der Waals surface area contributed by atoms with Crippen LogP contribution in [0, 0.1) is 6.92 Å². The average Bonchev–Trinajstić information content (AvgIpc) is 3.20. The highest BCUT2D eigenvalue weighted by Gasteiger charge is 2.17. The highest BCUT2D eigenvalue weighted by molar-refractivity contribution is 5.85. The zero-order valence-electron chi connectivity index (χ0n) is 18.9. The van der Waals surface area contributed by atoms with Crippen LogP contribution < -0.4 is 10.1 Å². The lowest BCUT2D eigenvalue weighted by Crippen LogP contribution is -2.25. The number of nitrogens with one attached hydrogen (secondary N) is 1. The maximum absolute atomic E-state index is 11.8. The zero-order valence-corrected chi connectivity index (χ0v) is 19.7. The second-order valence-electron chi connectivity index (χ2n) is 7.78. The zero-order chi connectivity index (χ0) is 22.3. The molecule has 0 atom stereocenters. The van der Waals surface area contributed by atoms with Crippen molar-refractivity contribution in [1.82, 2.24) is 10.3 Å². The highest BCUT2D eigenvalue weighted by Crippen LogP contribution is 2.28. The van der Waals surface area contributed by atoms with E-state index in [9.17, 15) is 4.79 Å². The number of hydrogen-bond donors (Lipinski definition) is 1. The van der Waals surface area contributed by atoms with Crippen molar-refractivity contribution >= 4 is 23.9 Å². The van der Waals surface area contributed by atoms with E-state index in [-0.39, 0.29) is 18.4 Å². The van der Waals surface area contributed by atoms with Gasteiger partial charge in [0.25, 0.3) is 0 Å². The molecule has 0 saturated heterocycles. The first-order valence-corrected chi connectivity index (χ1v) is 10.9. The first-order chi connectivity index (χ1) is 15.6. The van der Waals surface area contributed by atoms with Crippen molar-refractivity contribution in [2.45, 2.75) is 26.2 Å². The largest absolute Gasteiger partial charge is 0.493 e. The van der Waals surface area contributed by atoms with E-state index in [1.807, 2.05) is 55.5 Å². The molecule has 0 bridgehead atoms. The Kier molecular flexibility index (Phi) is 8.69. The lowest BCUT2D eigenvalue weighted by atomic mass is 9.93. The van der Waals surface area contributed by atoms with Gasteiger partial charge in [0, 0.05) is 18.5 Å². The summed E-state index contributed by atoms with van der Waals surface area (Å²) in [5, 5.41) is 3.39. The molecular formula is C26H29ClN2O4. The molecule has 0 fully saturated rings. The molecule has 0 aliphatic carbocycles. The second kappa shape index (κ2) is 11.7. The maximum atomic E-state index is 11.8. The lowest BCUT2D eigenvalue weighted by Gasteiger charge is -2.21. The van der Waals surface area contributed by atoms with Gasteiger partial charge in [0.05, 0.1) is 25.8 Å². The molecule has 2 aromatic carbocycles. The molecule has 1 aliphatic heterocycles. The van der Waals surface area contributed by atoms with E-state index >= 15 is 0 Å². The van der Waals surface area contributed by atoms with E-state index in [0.717, 1.165) is 59.0 Å². The quantitative estimate of drug-likeness (QED) is 0.469. The van der Waals surface area contributed by atoms with Crippen LogP contribution in [0.5, 0.6) is 5.75 Å². The Morgan fingerprint density at radius 2 is 1.91 bits per heavy atom. The van der Waals surface area contributed by atoms with Gasteiger partial charge in [-0.3, -0.25) is 4.79 Å². The van der Waals surface area contributed by atoms with Crippen LogP contribution in [-0.2, 0) is 16.0 Å². The summed E-state index contributed by atoms with van der Waals surface area (Å²) in [6, 6.07) is 17.9. The molecule has 4 rings (SSSR count). The van der Waals surface area contributed by atoms with E-state index in [1.165, 1.54) is 7.11 Å². The first kappa shape index (κ1) is 24.6. The molecule has 0 radical (unpaired) electrons. The molecule has 0 saturated carbocycles. The molecule has 7 heteroatoms. The topological polar surface area (TPSA) is 73.6 Å². The summed E-state index contributed by atoms with van der Waals surface area (Å²) < 4.78 is 16.7. The fourth-order valence-electron chi connectivity index (χ4n) is 3.88. The number of halogens is 1. The summed E-state index contributed by atoms with van der Waals surface area (Å²) >= 11 is 0. The molecule has 0 spiro atoms. The SMILES string of the molecule is COC(=O)CC1=C(c2cccc(OCCc3nc(-c4ccccc4)oc3C)c2)CNCC1.Cl. The molecule has 2 heterocycles. The number of rotatable bonds is 8. The number of oxazole rings is 1. The van der Waals surface area contributed by atoms with Crippen molar-refractivity contribution in [2.75, 3.05) is 26.8 Å². The number of carbonyl (C=O) groups is 1. The average molecular weight is 469 g/mol. The molecule has 6 nitrogen and oxygen atoms in total. The number of methoxy groups -OCH3 is 1. The number of aromatic nitrogens is 1. The Balaban J connectivity index is 0.00000306. The third-order valence-corrected chi connectivity index (χ3v) is 5.62. The van der Waals surface area contributed by atoms with Crippen LogP contribution >= 0.6 is 12.4 Å². The van der Waals surface area contributed by atoms with Crippen LogP contribution in [0.25, 0.3) is 17.0 Å². The predicted molar refractivity (Wildman–Crippen MR) is 131 cm³/mol. The Bertz CT molecular complexity index is 1110. The van der Waals surface area contributed by atoms with Gasteiger partial charge >= 0.3 is 5.97 Å². The van der Waals surface area contributed by atoms with E-state index in [1.54, 1.807) is 0 Å². The summed E-state index contributed by atoms with van der Waals surface area (Å²) in [7, 11) is 1.43. The Morgan fingerprint density at radius 3 is 2.70 bits per heavy atom. The molecular weight excluding hydrogens is 440 g/mol. The number of aryl methyl sites for hydroxylation is 1. The van der Waals surface area contributed by atoms with E-state index in [0.29, 0.717) is 25.3 Å². The number of benzene rings is 2. The Labute approximate surface area is 200 Å². The number of esters is 1. The van der Waals surface area contributed by atoms with Crippen LogP contribution in [0.4, 0.5) is 0 Å². The van der Waals surface area contributed by atoms with Crippen LogP contribution in [0.1, 0.15) is 29.9 Å². The number of nitrogens with zero attached hydrogens (tertiary/aromatic N) is 1. The minimum Gasteiger partial charge on any atom is -0.493 e. The summed E-state index contributed by atoms with van der Waals surface area (Å²) in [6.07, 6.45) is 1.82. The van der Waals surface area contributed by atoms with Crippen LogP contribution in [0.3, 0.4) is 0 Å². The number of ether oxygens (including phenoxy) is 2. The van der Waals surface area contributed by atoms with Gasteiger partial charge in [0.15, 0.2) is 0 Å². The van der Waals surface area contributed by atoms with Crippen molar-refractivity contribution in [1.29, 1.82) is 0 Å². The van der Waals surface area contributed by atoms with Gasteiger partial charge in [-0.1, -0.05) is 35.9 Å². The monoisotopic (exact) mass is 468 g/mol. The van der Waals surface area contributed by atoms with Crippen molar-refractivity contribution in [3.8, 4) is 17.2 Å². The molecule has 33 heavy (non-hydrogen) atoms. The van der Waals surface area contributed by atoms with Crippen LogP contribution in [0.2, 0.25) is 0 Å². The van der Waals surface area contributed by atoms with E-state index < -0.39 is 0 Å². The third-order valence-electron chi connectivity index (χ3n) is 5.62. The minimum absolute atomic E-state index is 0. The van der Waals surface area contributed by atoms with Crippen molar-refractivity contribution in [2.24, 2.45) is 0 Å². The van der Waals surface area contributed by atoms with Crippen LogP contribution in [-0.4, -0.2) is 37.8 Å². The summed E-state index contributed by atoms with van der Waals surface area (Å²) in [5.74, 6) is 2.04. The smallest absolute Gasteiger partial charge is 0.309 e. The lowest BCUT2D eigenvalue weighted by molar-refractivity contribution is -0.139. The molecule has 0 amide bonds. The van der Waals surface area contributed by atoms with E-state index in [4.69, 9.17) is 13.9 Å². The molecule has 1 aliphatic rings. The number of carbonyl (C=O) groups excluding carboxylic acids is 1. The first-order valence-electron chi connectivity index (χ1n) is 10.9. The van der Waals surface area contributed by atoms with Crippen LogP contribution in [0.15, 0.2) is 64.6 Å². The molecule has 3 aromatic rings. The Hall–Kier alpha value is -3.09. The fourth-order valence-corrected chi connectivity index (χ4v) is 3.88. The summed E-state index contributed by atoms with van der Waals surface area (Å²) in [6.45, 7) is 4.03. The van der Waals surface area contributed by atoms with Gasteiger partial charge in [0.1, 0.15) is 11.5 Å². The van der Waals surface area contributed by atoms with Crippen molar-refractivity contribution < 1.29 is 18.7 Å². The van der Waals surface area contributed by atoms with Gasteiger partial charge in [0.2, 0.25) is 5.89 Å². The third kappa shape index (κ3) is 6.24. The van der Waals surface area contributed by atoms with Gasteiger partial charge < -0.3 is 19.2 Å². The molecule has 0 unspecified atom stereocenters. The summed E-state index contributed by atoms with van der Waals surface area (Å²) in [5.41, 5.74) is 5.20. The fraction of sp³-hybridized carbons (Fsp3) is 0.308. The second-order valence-corrected chi connectivity index (χ2v) is 7.78. The maximum Gasteiger partial charge on any atom is 0.309 e. The Morgan fingerprint density at radius 1 is 1.12 bits per heavy atom. The normalized spacial score (nSPS) is 13.4. The molecule has 1 aromatic heterocycles. The van der Waals surface area contributed by atoms with E-state index in [2.05, 4.69) is 16.4 Å². The molecule has 1 N–H and O–H groups in total. The molecule has 174 valence electrons. The van der Waals surface area contributed by atoms with Gasteiger partial charge in [-0.05, 0) is 55.3 Å². The minimum atomic E-state index is -0.204. The van der Waals surface area contributed by atoms with Gasteiger partial charge in [-0.15, -0.1) is 12.4 Å². The summed E-state index contributed by atoms with van der Waals surface area (Å²) in [4.78, 5) is 16.4. The van der Waals surface area contributed by atoms with Crippen molar-refractivity contribution in [3.05, 3.63) is 77.2 Å².